The van der Waals surface area contributed by atoms with Crippen LogP contribution in [-0.4, -0.2) is 67.2 Å². The van der Waals surface area contributed by atoms with Crippen molar-refractivity contribution >= 4 is 40.8 Å². The first-order valence-corrected chi connectivity index (χ1v) is 13.6. The number of benzene rings is 2. The standard InChI is InChI=1S/C31H30O14/c1-15(32)38-14-26-28(41-17(3)34)29(42-18(4)35)30(43-19(5)36)31(45-26)44-25-12-23-21(11-24(25)40-16(2)33)27(37)22(13-39-23)20-9-7-6-8-10-20/h6-13,26,28-31H,14H2,1-5H3. The highest BCUT2D eigenvalue weighted by molar-refractivity contribution is 5.86. The molecule has 14 heteroatoms. The summed E-state index contributed by atoms with van der Waals surface area (Å²) in [5, 5.41) is 0.0569. The third-order valence-corrected chi connectivity index (χ3v) is 6.37. The van der Waals surface area contributed by atoms with Gasteiger partial charge in [0, 0.05) is 40.7 Å². The van der Waals surface area contributed by atoms with Crippen molar-refractivity contribution in [3.05, 3.63) is 59.0 Å². The average molecular weight is 627 g/mol. The summed E-state index contributed by atoms with van der Waals surface area (Å²) in [7, 11) is 0. The maximum atomic E-state index is 13.4. The molecule has 1 aliphatic heterocycles. The highest BCUT2D eigenvalue weighted by atomic mass is 16.7. The van der Waals surface area contributed by atoms with E-state index >= 15 is 0 Å². The second kappa shape index (κ2) is 14.0. The molecule has 1 saturated heterocycles. The average Bonchev–Trinajstić information content (AvgIpc) is 2.95. The molecule has 0 saturated carbocycles. The van der Waals surface area contributed by atoms with Crippen LogP contribution in [-0.2, 0) is 47.7 Å². The molecule has 0 amide bonds. The van der Waals surface area contributed by atoms with Gasteiger partial charge in [0.2, 0.25) is 17.8 Å². The van der Waals surface area contributed by atoms with E-state index in [1.54, 1.807) is 30.3 Å². The Bertz CT molecular complexity index is 1660. The summed E-state index contributed by atoms with van der Waals surface area (Å²) < 4.78 is 44.4. The molecule has 0 N–H and O–H groups in total. The number of carbonyl (C=O) groups excluding carboxylic acids is 5. The Labute approximate surface area is 256 Å². The zero-order valence-electron chi connectivity index (χ0n) is 24.9. The summed E-state index contributed by atoms with van der Waals surface area (Å²) in [5.74, 6) is -4.35. The summed E-state index contributed by atoms with van der Waals surface area (Å²) in [6.07, 6.45) is -6.12. The van der Waals surface area contributed by atoms with Crippen LogP contribution in [0.15, 0.2) is 57.9 Å². The number of esters is 5. The molecule has 45 heavy (non-hydrogen) atoms. The predicted octanol–water partition coefficient (Wildman–Crippen LogP) is 2.85. The maximum absolute atomic E-state index is 13.4. The van der Waals surface area contributed by atoms with E-state index in [1.165, 1.54) is 18.4 Å². The van der Waals surface area contributed by atoms with Crippen molar-refractivity contribution in [2.24, 2.45) is 0 Å². The Morgan fingerprint density at radius 1 is 0.733 bits per heavy atom. The molecule has 238 valence electrons. The number of hydrogen-bond donors (Lipinski definition) is 0. The second-order valence-electron chi connectivity index (χ2n) is 9.92. The summed E-state index contributed by atoms with van der Waals surface area (Å²) >= 11 is 0. The van der Waals surface area contributed by atoms with Gasteiger partial charge in [0.05, 0.1) is 10.9 Å². The van der Waals surface area contributed by atoms with Gasteiger partial charge in [-0.3, -0.25) is 28.8 Å². The molecular weight excluding hydrogens is 596 g/mol. The zero-order chi connectivity index (χ0) is 32.8. The van der Waals surface area contributed by atoms with Gasteiger partial charge < -0.3 is 37.6 Å². The van der Waals surface area contributed by atoms with Crippen LogP contribution in [0.1, 0.15) is 34.6 Å². The SMILES string of the molecule is CC(=O)OCC1OC(Oc2cc3occ(-c4ccccc4)c(=O)c3cc2OC(C)=O)C(OC(C)=O)C(OC(C)=O)C1OC(C)=O. The molecule has 1 fully saturated rings. The van der Waals surface area contributed by atoms with Crippen LogP contribution in [0.5, 0.6) is 11.5 Å². The molecule has 4 rings (SSSR count). The zero-order valence-corrected chi connectivity index (χ0v) is 24.9. The number of carbonyl (C=O) groups is 5. The second-order valence-corrected chi connectivity index (χ2v) is 9.92. The number of fused-ring (bicyclic) bond motifs is 1. The molecule has 14 nitrogen and oxygen atoms in total. The number of ether oxygens (including phenoxy) is 7. The molecule has 5 unspecified atom stereocenters. The van der Waals surface area contributed by atoms with Crippen LogP contribution >= 0.6 is 0 Å². The molecule has 0 spiro atoms. The van der Waals surface area contributed by atoms with Crippen LogP contribution in [0.3, 0.4) is 0 Å². The van der Waals surface area contributed by atoms with Crippen molar-refractivity contribution in [2.45, 2.75) is 65.3 Å². The Kier molecular flexibility index (Phi) is 10.2. The van der Waals surface area contributed by atoms with Crippen LogP contribution in [0.2, 0.25) is 0 Å². The molecule has 5 atom stereocenters. The highest BCUT2D eigenvalue weighted by Crippen LogP contribution is 2.37. The van der Waals surface area contributed by atoms with Crippen molar-refractivity contribution < 1.29 is 61.5 Å². The molecule has 0 radical (unpaired) electrons. The van der Waals surface area contributed by atoms with Gasteiger partial charge in [-0.25, -0.2) is 0 Å². The van der Waals surface area contributed by atoms with Gasteiger partial charge in [-0.2, -0.15) is 0 Å². The van der Waals surface area contributed by atoms with Gasteiger partial charge in [0.1, 0.15) is 24.6 Å². The summed E-state index contributed by atoms with van der Waals surface area (Å²) in [4.78, 5) is 73.4. The van der Waals surface area contributed by atoms with Crippen LogP contribution < -0.4 is 14.9 Å². The fraction of sp³-hybridized carbons (Fsp3) is 0.355. The van der Waals surface area contributed by atoms with Crippen molar-refractivity contribution in [2.75, 3.05) is 6.61 Å². The van der Waals surface area contributed by atoms with E-state index in [2.05, 4.69) is 0 Å². The summed E-state index contributed by atoms with van der Waals surface area (Å²) in [6.45, 7) is 5.03. The van der Waals surface area contributed by atoms with Crippen LogP contribution in [0.25, 0.3) is 22.1 Å². The van der Waals surface area contributed by atoms with Crippen LogP contribution in [0.4, 0.5) is 0 Å². The lowest BCUT2D eigenvalue weighted by Crippen LogP contribution is -2.63. The lowest BCUT2D eigenvalue weighted by molar-refractivity contribution is -0.288. The molecular formula is C31H30O14. The number of rotatable bonds is 9. The van der Waals surface area contributed by atoms with E-state index in [9.17, 15) is 28.8 Å². The minimum atomic E-state index is -1.63. The smallest absolute Gasteiger partial charge is 0.308 e. The Balaban J connectivity index is 1.82. The van der Waals surface area contributed by atoms with E-state index in [0.29, 0.717) is 5.56 Å². The van der Waals surface area contributed by atoms with Gasteiger partial charge in [0.15, 0.2) is 23.7 Å². The third-order valence-electron chi connectivity index (χ3n) is 6.37. The molecule has 1 aromatic heterocycles. The third kappa shape index (κ3) is 8.03. The molecule has 0 aliphatic carbocycles. The monoisotopic (exact) mass is 626 g/mol. The van der Waals surface area contributed by atoms with Crippen molar-refractivity contribution in [3.63, 3.8) is 0 Å². The normalized spacial score (nSPS) is 20.9. The van der Waals surface area contributed by atoms with E-state index in [0.717, 1.165) is 34.6 Å². The molecule has 3 aromatic rings. The quantitative estimate of drug-likeness (QED) is 0.192. The van der Waals surface area contributed by atoms with E-state index in [1.807, 2.05) is 0 Å². The Morgan fingerprint density at radius 3 is 1.96 bits per heavy atom. The fourth-order valence-electron chi connectivity index (χ4n) is 4.69. The van der Waals surface area contributed by atoms with Gasteiger partial charge in [-0.1, -0.05) is 30.3 Å². The van der Waals surface area contributed by atoms with Gasteiger partial charge in [-0.15, -0.1) is 0 Å². The molecule has 2 heterocycles. The summed E-state index contributed by atoms with van der Waals surface area (Å²) in [5.41, 5.74) is 0.469. The van der Waals surface area contributed by atoms with E-state index in [-0.39, 0.29) is 28.0 Å². The largest absolute Gasteiger partial charge is 0.463 e. The molecule has 2 aromatic carbocycles. The Morgan fingerprint density at radius 2 is 1.36 bits per heavy atom. The van der Waals surface area contributed by atoms with Gasteiger partial charge in [-0.05, 0) is 11.6 Å². The van der Waals surface area contributed by atoms with Gasteiger partial charge in [0.25, 0.3) is 0 Å². The fourth-order valence-corrected chi connectivity index (χ4v) is 4.69. The van der Waals surface area contributed by atoms with Crippen molar-refractivity contribution in [1.82, 2.24) is 0 Å². The van der Waals surface area contributed by atoms with Crippen molar-refractivity contribution in [3.8, 4) is 22.6 Å². The predicted molar refractivity (Wildman–Crippen MR) is 152 cm³/mol. The number of hydrogen-bond acceptors (Lipinski definition) is 14. The Hall–Kier alpha value is -5.24. The van der Waals surface area contributed by atoms with E-state index in [4.69, 9.17) is 37.6 Å². The topological polar surface area (TPSA) is 180 Å². The minimum Gasteiger partial charge on any atom is -0.463 e. The molecule has 0 bridgehead atoms. The van der Waals surface area contributed by atoms with Gasteiger partial charge >= 0.3 is 29.8 Å². The first kappa shape index (κ1) is 32.7. The van der Waals surface area contributed by atoms with Crippen molar-refractivity contribution in [1.29, 1.82) is 0 Å². The first-order valence-electron chi connectivity index (χ1n) is 13.6. The highest BCUT2D eigenvalue weighted by Gasteiger charge is 2.53. The maximum Gasteiger partial charge on any atom is 0.308 e. The minimum absolute atomic E-state index is 0.0382. The lowest BCUT2D eigenvalue weighted by Gasteiger charge is -2.43. The van der Waals surface area contributed by atoms with Crippen LogP contribution in [0, 0.1) is 0 Å². The van der Waals surface area contributed by atoms with E-state index < -0.39 is 72.6 Å². The summed E-state index contributed by atoms with van der Waals surface area (Å²) in [6, 6.07) is 11.3. The molecule has 1 aliphatic rings. The lowest BCUT2D eigenvalue weighted by atomic mass is 9.98. The first-order chi connectivity index (χ1) is 21.3.